The maximum atomic E-state index is 10.8. The summed E-state index contributed by atoms with van der Waals surface area (Å²) in [6.45, 7) is 3.60. The lowest BCUT2D eigenvalue weighted by Crippen LogP contribution is -2.25. The van der Waals surface area contributed by atoms with E-state index >= 15 is 0 Å². The summed E-state index contributed by atoms with van der Waals surface area (Å²) < 4.78 is 4.77. The first kappa shape index (κ1) is 10.4. The third kappa shape index (κ3) is 5.82. The van der Waals surface area contributed by atoms with Gasteiger partial charge in [-0.25, -0.2) is 0 Å². The van der Waals surface area contributed by atoms with Crippen molar-refractivity contribution >= 4 is 5.97 Å². The van der Waals surface area contributed by atoms with Crippen LogP contribution in [0, 0.1) is 0 Å². The second-order valence-corrected chi connectivity index (χ2v) is 2.63. The number of carbonyl (C=O) groups excluding carboxylic acids is 1. The predicted molar refractivity (Wildman–Crippen MR) is 40.9 cm³/mol. The molecule has 11 heavy (non-hydrogen) atoms. The van der Waals surface area contributed by atoms with Gasteiger partial charge >= 0.3 is 5.97 Å². The highest BCUT2D eigenvalue weighted by Crippen LogP contribution is 1.96. The average molecular weight is 161 g/mol. The summed E-state index contributed by atoms with van der Waals surface area (Å²) >= 11 is 0. The van der Waals surface area contributed by atoms with E-state index in [4.69, 9.17) is 15.6 Å². The zero-order valence-electron chi connectivity index (χ0n) is 6.91. The number of carbonyl (C=O) groups is 1. The van der Waals surface area contributed by atoms with E-state index in [0.717, 1.165) is 0 Å². The van der Waals surface area contributed by atoms with Gasteiger partial charge in [-0.15, -0.1) is 0 Å². The molecule has 4 heteroatoms. The number of hydrogen-bond donors (Lipinski definition) is 2. The molecule has 3 N–H and O–H groups in total. The Kier molecular flexibility index (Phi) is 4.81. The minimum atomic E-state index is -0.777. The largest absolute Gasteiger partial charge is 0.463 e. The molecule has 0 spiro atoms. The molecule has 4 nitrogen and oxygen atoms in total. The molecule has 66 valence electrons. The van der Waals surface area contributed by atoms with Crippen LogP contribution in [0.2, 0.25) is 0 Å². The minimum Gasteiger partial charge on any atom is -0.463 e. The van der Waals surface area contributed by atoms with Crippen LogP contribution in [0.25, 0.3) is 0 Å². The highest BCUT2D eigenvalue weighted by molar-refractivity contribution is 5.70. The molecule has 0 rings (SSSR count). The van der Waals surface area contributed by atoms with Gasteiger partial charge in [0.05, 0.1) is 18.6 Å². The summed E-state index contributed by atoms with van der Waals surface area (Å²) in [5.74, 6) is -0.405. The molecule has 0 saturated heterocycles. The zero-order chi connectivity index (χ0) is 8.85. The Morgan fingerprint density at radius 1 is 1.64 bits per heavy atom. The quantitative estimate of drug-likeness (QED) is 0.553. The lowest BCUT2D eigenvalue weighted by atomic mass is 10.2. The Hall–Kier alpha value is -0.610. The average Bonchev–Trinajstić information content (AvgIpc) is 1.85. The van der Waals surface area contributed by atoms with Crippen molar-refractivity contribution in [1.82, 2.24) is 0 Å². The smallest absolute Gasteiger partial charge is 0.308 e. The van der Waals surface area contributed by atoms with E-state index in [1.54, 1.807) is 13.8 Å². The molecule has 0 radical (unpaired) electrons. The van der Waals surface area contributed by atoms with Gasteiger partial charge in [0.1, 0.15) is 0 Å². The fourth-order valence-electron chi connectivity index (χ4n) is 0.587. The highest BCUT2D eigenvalue weighted by Gasteiger charge is 2.10. The Labute approximate surface area is 66.3 Å². The van der Waals surface area contributed by atoms with Crippen LogP contribution in [0.4, 0.5) is 0 Å². The summed E-state index contributed by atoms with van der Waals surface area (Å²) in [4.78, 5) is 10.8. The van der Waals surface area contributed by atoms with Crippen molar-refractivity contribution < 1.29 is 14.6 Å². The second-order valence-electron chi connectivity index (χ2n) is 2.63. The first-order chi connectivity index (χ1) is 5.06. The molecule has 0 aromatic rings. The van der Waals surface area contributed by atoms with Gasteiger partial charge in [-0.1, -0.05) is 0 Å². The fourth-order valence-corrected chi connectivity index (χ4v) is 0.587. The summed E-state index contributed by atoms with van der Waals surface area (Å²) in [6, 6.07) is 0. The molecule has 0 heterocycles. The molecule has 0 aromatic heterocycles. The molecule has 1 unspecified atom stereocenters. The van der Waals surface area contributed by atoms with Crippen LogP contribution in [0.3, 0.4) is 0 Å². The van der Waals surface area contributed by atoms with Gasteiger partial charge in [0.25, 0.3) is 0 Å². The van der Waals surface area contributed by atoms with Gasteiger partial charge in [0.2, 0.25) is 0 Å². The Balaban J connectivity index is 3.52. The number of hydrogen-bond acceptors (Lipinski definition) is 4. The topological polar surface area (TPSA) is 72.5 Å². The van der Waals surface area contributed by atoms with E-state index < -0.39 is 12.1 Å². The monoisotopic (exact) mass is 161 g/mol. The fraction of sp³-hybridized carbons (Fsp3) is 0.857. The van der Waals surface area contributed by atoms with Gasteiger partial charge in [-0.05, 0) is 13.8 Å². The van der Waals surface area contributed by atoms with E-state index in [1.165, 1.54) is 0 Å². The molecule has 0 aliphatic carbocycles. The van der Waals surface area contributed by atoms with Gasteiger partial charge < -0.3 is 15.6 Å². The molecule has 0 aliphatic heterocycles. The lowest BCUT2D eigenvalue weighted by Gasteiger charge is -2.09. The molecular weight excluding hydrogens is 146 g/mol. The van der Waals surface area contributed by atoms with Gasteiger partial charge in [-0.2, -0.15) is 0 Å². The van der Waals surface area contributed by atoms with Gasteiger partial charge in [-0.3, -0.25) is 4.79 Å². The standard InChI is InChI=1S/C7H15NO3/c1-5(2)11-7(10)3-6(9)4-8/h5-6,9H,3-4,8H2,1-2H3. The predicted octanol–water partition coefficient (Wildman–Crippen LogP) is -0.352. The Morgan fingerprint density at radius 3 is 2.55 bits per heavy atom. The SMILES string of the molecule is CC(C)OC(=O)CC(O)CN. The number of ether oxygens (including phenoxy) is 1. The van der Waals surface area contributed by atoms with E-state index in [9.17, 15) is 4.79 Å². The first-order valence-corrected chi connectivity index (χ1v) is 3.64. The number of aliphatic hydroxyl groups is 1. The van der Waals surface area contributed by atoms with Gasteiger partial charge in [0, 0.05) is 6.54 Å². The highest BCUT2D eigenvalue weighted by atomic mass is 16.5. The van der Waals surface area contributed by atoms with Crippen LogP contribution in [0.5, 0.6) is 0 Å². The number of aliphatic hydroxyl groups excluding tert-OH is 1. The molecule has 1 atom stereocenters. The molecule has 0 amide bonds. The Morgan fingerprint density at radius 2 is 2.18 bits per heavy atom. The molecular formula is C7H15NO3. The zero-order valence-corrected chi connectivity index (χ0v) is 6.91. The van der Waals surface area contributed by atoms with Crippen molar-refractivity contribution in [2.75, 3.05) is 6.54 Å². The van der Waals surface area contributed by atoms with Crippen LogP contribution in [-0.2, 0) is 9.53 Å². The molecule has 0 fully saturated rings. The van der Waals surface area contributed by atoms with Crippen molar-refractivity contribution in [2.45, 2.75) is 32.5 Å². The van der Waals surface area contributed by atoms with Crippen molar-refractivity contribution in [3.8, 4) is 0 Å². The number of rotatable bonds is 4. The van der Waals surface area contributed by atoms with Crippen LogP contribution >= 0.6 is 0 Å². The second kappa shape index (κ2) is 5.09. The van der Waals surface area contributed by atoms with Crippen LogP contribution in [0.1, 0.15) is 20.3 Å². The van der Waals surface area contributed by atoms with E-state index in [2.05, 4.69) is 0 Å². The summed E-state index contributed by atoms with van der Waals surface area (Å²) in [5, 5.41) is 8.92. The third-order valence-electron chi connectivity index (χ3n) is 1.04. The van der Waals surface area contributed by atoms with Crippen molar-refractivity contribution in [2.24, 2.45) is 5.73 Å². The summed E-state index contributed by atoms with van der Waals surface area (Å²) in [6.07, 6.45) is -0.928. The maximum Gasteiger partial charge on any atom is 0.308 e. The maximum absolute atomic E-state index is 10.8. The van der Waals surface area contributed by atoms with Crippen molar-refractivity contribution in [3.63, 3.8) is 0 Å². The van der Waals surface area contributed by atoms with E-state index in [1.807, 2.05) is 0 Å². The van der Waals surface area contributed by atoms with Crippen LogP contribution in [-0.4, -0.2) is 29.8 Å². The van der Waals surface area contributed by atoms with E-state index in [0.29, 0.717) is 0 Å². The first-order valence-electron chi connectivity index (χ1n) is 3.64. The third-order valence-corrected chi connectivity index (χ3v) is 1.04. The summed E-state index contributed by atoms with van der Waals surface area (Å²) in [5.41, 5.74) is 5.09. The molecule has 0 bridgehead atoms. The number of nitrogens with two attached hydrogens (primary N) is 1. The van der Waals surface area contributed by atoms with Crippen LogP contribution in [0.15, 0.2) is 0 Å². The molecule has 0 aromatic carbocycles. The lowest BCUT2D eigenvalue weighted by molar-refractivity contribution is -0.149. The minimum absolute atomic E-state index is 0.0192. The molecule has 0 saturated carbocycles. The van der Waals surface area contributed by atoms with Crippen molar-refractivity contribution in [3.05, 3.63) is 0 Å². The molecule has 0 aliphatic rings. The van der Waals surface area contributed by atoms with Gasteiger partial charge in [0.15, 0.2) is 0 Å². The van der Waals surface area contributed by atoms with E-state index in [-0.39, 0.29) is 19.1 Å². The normalized spacial score (nSPS) is 13.2. The Bertz CT molecular complexity index is 125. The van der Waals surface area contributed by atoms with Crippen molar-refractivity contribution in [1.29, 1.82) is 0 Å². The number of esters is 1. The van der Waals surface area contributed by atoms with Crippen LogP contribution < -0.4 is 5.73 Å². The summed E-state index contributed by atoms with van der Waals surface area (Å²) in [7, 11) is 0.